The Hall–Kier alpha value is -1.32. The van der Waals surface area contributed by atoms with Crippen LogP contribution in [0.25, 0.3) is 0 Å². The predicted octanol–water partition coefficient (Wildman–Crippen LogP) is 3.97. The highest BCUT2D eigenvalue weighted by Crippen LogP contribution is 2.35. The molecule has 2 nitrogen and oxygen atoms in total. The third kappa shape index (κ3) is 2.89. The zero-order valence-corrected chi connectivity index (χ0v) is 12.7. The average Bonchev–Trinajstić information content (AvgIpc) is 3.14. The maximum Gasteiger partial charge on any atom is 0.134 e. The molecule has 1 atom stereocenters. The standard InChI is InChI=1S/C17H21NOS/c1-18-11-10-16(17-9-4-12-20-17)19-15-8-3-6-13-5-2-7-14(13)15/h3-4,6,8-9,12,16,18H,2,5,7,10-11H2,1H3/t16-/m1/s1. The lowest BCUT2D eigenvalue weighted by molar-refractivity contribution is 0.197. The Morgan fingerprint density at radius 3 is 3.00 bits per heavy atom. The molecule has 0 unspecified atom stereocenters. The van der Waals surface area contributed by atoms with E-state index < -0.39 is 0 Å². The Bertz CT molecular complexity index is 550. The first kappa shape index (κ1) is 13.7. The van der Waals surface area contributed by atoms with Crippen molar-refractivity contribution in [1.29, 1.82) is 0 Å². The van der Waals surface area contributed by atoms with Crippen LogP contribution < -0.4 is 10.1 Å². The highest BCUT2D eigenvalue weighted by molar-refractivity contribution is 7.10. The molecule has 1 aromatic heterocycles. The van der Waals surface area contributed by atoms with Gasteiger partial charge in [-0.3, -0.25) is 0 Å². The van der Waals surface area contributed by atoms with Crippen LogP contribution in [0, 0.1) is 0 Å². The molecule has 1 heterocycles. The second-order valence-electron chi connectivity index (χ2n) is 5.26. The molecule has 3 rings (SSSR count). The molecule has 1 aliphatic carbocycles. The van der Waals surface area contributed by atoms with Crippen LogP contribution in [-0.2, 0) is 12.8 Å². The summed E-state index contributed by atoms with van der Waals surface area (Å²) in [4.78, 5) is 1.32. The third-order valence-corrected chi connectivity index (χ3v) is 4.85. The number of hydrogen-bond donors (Lipinski definition) is 1. The monoisotopic (exact) mass is 287 g/mol. The van der Waals surface area contributed by atoms with Gasteiger partial charge in [-0.25, -0.2) is 0 Å². The highest BCUT2D eigenvalue weighted by Gasteiger charge is 2.19. The van der Waals surface area contributed by atoms with E-state index in [2.05, 4.69) is 41.0 Å². The number of rotatable bonds is 6. The van der Waals surface area contributed by atoms with Gasteiger partial charge >= 0.3 is 0 Å². The van der Waals surface area contributed by atoms with E-state index in [1.165, 1.54) is 28.8 Å². The van der Waals surface area contributed by atoms with Crippen LogP contribution in [0.3, 0.4) is 0 Å². The largest absolute Gasteiger partial charge is 0.485 e. The van der Waals surface area contributed by atoms with Gasteiger partial charge in [-0.2, -0.15) is 0 Å². The minimum atomic E-state index is 0.162. The Labute approximate surface area is 124 Å². The van der Waals surface area contributed by atoms with Gasteiger partial charge < -0.3 is 10.1 Å². The molecule has 0 aliphatic heterocycles. The lowest BCUT2D eigenvalue weighted by Gasteiger charge is -2.20. The Morgan fingerprint density at radius 2 is 2.20 bits per heavy atom. The number of fused-ring (bicyclic) bond motifs is 1. The molecule has 1 aromatic carbocycles. The molecule has 0 fully saturated rings. The molecule has 0 spiro atoms. The minimum absolute atomic E-state index is 0.162. The first-order valence-corrected chi connectivity index (χ1v) is 8.22. The SMILES string of the molecule is CNCC[C@@H](Oc1cccc2c1CCC2)c1cccs1. The summed E-state index contributed by atoms with van der Waals surface area (Å²) in [5, 5.41) is 5.35. The summed E-state index contributed by atoms with van der Waals surface area (Å²) in [6.45, 7) is 0.970. The van der Waals surface area contributed by atoms with Gasteiger partial charge in [-0.1, -0.05) is 18.2 Å². The number of nitrogens with one attached hydrogen (secondary N) is 1. The maximum absolute atomic E-state index is 6.37. The van der Waals surface area contributed by atoms with Gasteiger partial charge in [-0.15, -0.1) is 11.3 Å². The molecule has 20 heavy (non-hydrogen) atoms. The molecule has 0 radical (unpaired) electrons. The van der Waals surface area contributed by atoms with Gasteiger partial charge in [0, 0.05) is 11.3 Å². The zero-order valence-electron chi connectivity index (χ0n) is 11.9. The maximum atomic E-state index is 6.37. The third-order valence-electron chi connectivity index (χ3n) is 3.89. The zero-order chi connectivity index (χ0) is 13.8. The predicted molar refractivity (Wildman–Crippen MR) is 84.7 cm³/mol. The first-order valence-electron chi connectivity index (χ1n) is 7.34. The summed E-state index contributed by atoms with van der Waals surface area (Å²) in [7, 11) is 1.99. The van der Waals surface area contributed by atoms with E-state index in [4.69, 9.17) is 4.74 Å². The van der Waals surface area contributed by atoms with E-state index in [0.717, 1.165) is 25.1 Å². The molecular formula is C17H21NOS. The molecule has 0 saturated carbocycles. The summed E-state index contributed by atoms with van der Waals surface area (Å²) in [6.07, 6.45) is 4.78. The van der Waals surface area contributed by atoms with Crippen molar-refractivity contribution in [3.8, 4) is 5.75 Å². The number of hydrogen-bond acceptors (Lipinski definition) is 3. The van der Waals surface area contributed by atoms with E-state index >= 15 is 0 Å². The fraction of sp³-hybridized carbons (Fsp3) is 0.412. The summed E-state index contributed by atoms with van der Waals surface area (Å²) < 4.78 is 6.37. The lowest BCUT2D eigenvalue weighted by Crippen LogP contribution is -2.16. The molecule has 106 valence electrons. The van der Waals surface area contributed by atoms with Crippen molar-refractivity contribution in [2.24, 2.45) is 0 Å². The summed E-state index contributed by atoms with van der Waals surface area (Å²) >= 11 is 1.78. The van der Waals surface area contributed by atoms with Crippen molar-refractivity contribution in [2.75, 3.05) is 13.6 Å². The van der Waals surface area contributed by atoms with Crippen LogP contribution in [0.5, 0.6) is 5.75 Å². The van der Waals surface area contributed by atoms with Crippen molar-refractivity contribution < 1.29 is 4.74 Å². The lowest BCUT2D eigenvalue weighted by atomic mass is 10.1. The molecule has 0 saturated heterocycles. The molecule has 1 aliphatic rings. The van der Waals surface area contributed by atoms with Gasteiger partial charge in [0.25, 0.3) is 0 Å². The van der Waals surface area contributed by atoms with Gasteiger partial charge in [-0.05, 0) is 61.5 Å². The van der Waals surface area contributed by atoms with E-state index in [9.17, 15) is 0 Å². The Morgan fingerprint density at radius 1 is 1.25 bits per heavy atom. The van der Waals surface area contributed by atoms with Crippen LogP contribution >= 0.6 is 11.3 Å². The summed E-state index contributed by atoms with van der Waals surface area (Å²) in [5.41, 5.74) is 2.90. The van der Waals surface area contributed by atoms with Crippen LogP contribution in [0.4, 0.5) is 0 Å². The quantitative estimate of drug-likeness (QED) is 0.868. The molecular weight excluding hydrogens is 266 g/mol. The molecule has 0 amide bonds. The van der Waals surface area contributed by atoms with Crippen LogP contribution in [0.15, 0.2) is 35.7 Å². The smallest absolute Gasteiger partial charge is 0.134 e. The van der Waals surface area contributed by atoms with Gasteiger partial charge in [0.1, 0.15) is 11.9 Å². The number of benzene rings is 1. The van der Waals surface area contributed by atoms with Crippen LogP contribution in [0.1, 0.15) is 34.9 Å². The van der Waals surface area contributed by atoms with E-state index in [0.29, 0.717) is 0 Å². The van der Waals surface area contributed by atoms with Gasteiger partial charge in [0.2, 0.25) is 0 Å². The number of ether oxygens (including phenoxy) is 1. The Balaban J connectivity index is 1.81. The summed E-state index contributed by atoms with van der Waals surface area (Å²) in [5.74, 6) is 1.09. The molecule has 0 bridgehead atoms. The van der Waals surface area contributed by atoms with E-state index in [1.54, 1.807) is 11.3 Å². The fourth-order valence-corrected chi connectivity index (χ4v) is 3.65. The van der Waals surface area contributed by atoms with E-state index in [-0.39, 0.29) is 6.10 Å². The normalized spacial score (nSPS) is 15.1. The van der Waals surface area contributed by atoms with Crippen molar-refractivity contribution in [1.82, 2.24) is 5.32 Å². The fourth-order valence-electron chi connectivity index (χ4n) is 2.86. The van der Waals surface area contributed by atoms with Gasteiger partial charge in [0.05, 0.1) is 0 Å². The number of aryl methyl sites for hydroxylation is 1. The van der Waals surface area contributed by atoms with Crippen molar-refractivity contribution in [3.05, 3.63) is 51.7 Å². The first-order chi connectivity index (χ1) is 9.88. The van der Waals surface area contributed by atoms with Gasteiger partial charge in [0.15, 0.2) is 0 Å². The summed E-state index contributed by atoms with van der Waals surface area (Å²) in [6, 6.07) is 10.8. The topological polar surface area (TPSA) is 21.3 Å². The second-order valence-corrected chi connectivity index (χ2v) is 6.24. The average molecular weight is 287 g/mol. The molecule has 2 aromatic rings. The van der Waals surface area contributed by atoms with Crippen LogP contribution in [-0.4, -0.2) is 13.6 Å². The van der Waals surface area contributed by atoms with E-state index in [1.807, 2.05) is 7.05 Å². The molecule has 3 heteroatoms. The second kappa shape index (κ2) is 6.42. The minimum Gasteiger partial charge on any atom is -0.485 e. The molecule has 1 N–H and O–H groups in total. The van der Waals surface area contributed by atoms with Crippen molar-refractivity contribution >= 4 is 11.3 Å². The highest BCUT2D eigenvalue weighted by atomic mass is 32.1. The van der Waals surface area contributed by atoms with Crippen molar-refractivity contribution in [3.63, 3.8) is 0 Å². The van der Waals surface area contributed by atoms with Crippen LogP contribution in [0.2, 0.25) is 0 Å². The Kier molecular flexibility index (Phi) is 4.38. The van der Waals surface area contributed by atoms with Crippen molar-refractivity contribution in [2.45, 2.75) is 31.8 Å². The number of thiophene rings is 1.